The van der Waals surface area contributed by atoms with Gasteiger partial charge in [-0.2, -0.15) is 0 Å². The summed E-state index contributed by atoms with van der Waals surface area (Å²) >= 11 is 0. The van der Waals surface area contributed by atoms with Crippen molar-refractivity contribution in [2.75, 3.05) is 13.6 Å². The summed E-state index contributed by atoms with van der Waals surface area (Å²) in [6, 6.07) is -0.204. The molecule has 0 aromatic heterocycles. The molecule has 0 heterocycles. The molecule has 0 fully saturated rings. The Kier molecular flexibility index (Phi) is 5.06. The Bertz CT molecular complexity index is 192. The van der Waals surface area contributed by atoms with Gasteiger partial charge in [0.25, 0.3) is 0 Å². The van der Waals surface area contributed by atoms with Gasteiger partial charge in [0.1, 0.15) is 0 Å². The zero-order valence-corrected chi connectivity index (χ0v) is 8.26. The molecule has 13 heavy (non-hydrogen) atoms. The van der Waals surface area contributed by atoms with Crippen LogP contribution < -0.4 is 16.4 Å². The smallest absolute Gasteiger partial charge is 0.239 e. The van der Waals surface area contributed by atoms with Crippen LogP contribution >= 0.6 is 0 Å². The second-order valence-corrected chi connectivity index (χ2v) is 3.04. The monoisotopic (exact) mass is 187 g/mol. The SMILES string of the molecule is CNC(=O)CNC(=O)C(C)C(C)N. The van der Waals surface area contributed by atoms with Crippen LogP contribution in [0.3, 0.4) is 0 Å². The minimum absolute atomic E-state index is 0.00634. The van der Waals surface area contributed by atoms with Gasteiger partial charge in [0.05, 0.1) is 6.54 Å². The van der Waals surface area contributed by atoms with Crippen molar-refractivity contribution in [1.82, 2.24) is 10.6 Å². The van der Waals surface area contributed by atoms with Crippen molar-refractivity contribution in [3.63, 3.8) is 0 Å². The van der Waals surface area contributed by atoms with Crippen LogP contribution in [0.1, 0.15) is 13.8 Å². The van der Waals surface area contributed by atoms with Gasteiger partial charge in [-0.05, 0) is 6.92 Å². The maximum Gasteiger partial charge on any atom is 0.239 e. The third-order valence-electron chi connectivity index (χ3n) is 1.90. The third kappa shape index (κ3) is 4.47. The van der Waals surface area contributed by atoms with E-state index in [0.29, 0.717) is 0 Å². The Balaban J connectivity index is 3.81. The molecule has 5 heteroatoms. The minimum atomic E-state index is -0.273. The van der Waals surface area contributed by atoms with E-state index in [1.165, 1.54) is 7.05 Å². The molecule has 76 valence electrons. The maximum atomic E-state index is 11.2. The van der Waals surface area contributed by atoms with Crippen molar-refractivity contribution >= 4 is 11.8 Å². The predicted octanol–water partition coefficient (Wildman–Crippen LogP) is -1.17. The van der Waals surface area contributed by atoms with Crippen molar-refractivity contribution in [2.24, 2.45) is 11.7 Å². The molecule has 2 amide bonds. The van der Waals surface area contributed by atoms with E-state index in [-0.39, 0.29) is 30.3 Å². The van der Waals surface area contributed by atoms with Crippen LogP contribution in [0.2, 0.25) is 0 Å². The number of nitrogens with two attached hydrogens (primary N) is 1. The highest BCUT2D eigenvalue weighted by atomic mass is 16.2. The minimum Gasteiger partial charge on any atom is -0.358 e. The van der Waals surface area contributed by atoms with Crippen LogP contribution in [0.15, 0.2) is 0 Å². The number of amides is 2. The summed E-state index contributed by atoms with van der Waals surface area (Å²) < 4.78 is 0. The van der Waals surface area contributed by atoms with Crippen molar-refractivity contribution in [3.05, 3.63) is 0 Å². The zero-order chi connectivity index (χ0) is 10.4. The molecular weight excluding hydrogens is 170 g/mol. The van der Waals surface area contributed by atoms with Crippen LogP contribution in [-0.2, 0) is 9.59 Å². The Morgan fingerprint density at radius 1 is 1.38 bits per heavy atom. The van der Waals surface area contributed by atoms with E-state index >= 15 is 0 Å². The highest BCUT2D eigenvalue weighted by molar-refractivity contribution is 5.85. The lowest BCUT2D eigenvalue weighted by Crippen LogP contribution is -2.42. The summed E-state index contributed by atoms with van der Waals surface area (Å²) in [5.41, 5.74) is 5.51. The molecule has 0 aromatic carbocycles. The molecule has 0 rings (SSSR count). The molecule has 5 nitrogen and oxygen atoms in total. The first-order chi connectivity index (χ1) is 5.99. The summed E-state index contributed by atoms with van der Waals surface area (Å²) in [5.74, 6) is -0.687. The van der Waals surface area contributed by atoms with Gasteiger partial charge in [0, 0.05) is 19.0 Å². The largest absolute Gasteiger partial charge is 0.358 e. The van der Waals surface area contributed by atoms with Crippen molar-refractivity contribution < 1.29 is 9.59 Å². The van der Waals surface area contributed by atoms with E-state index in [0.717, 1.165) is 0 Å². The van der Waals surface area contributed by atoms with Crippen molar-refractivity contribution in [2.45, 2.75) is 19.9 Å². The lowest BCUT2D eigenvalue weighted by molar-refractivity contribution is -0.128. The number of hydrogen-bond donors (Lipinski definition) is 3. The third-order valence-corrected chi connectivity index (χ3v) is 1.90. The Morgan fingerprint density at radius 3 is 2.31 bits per heavy atom. The lowest BCUT2D eigenvalue weighted by atomic mass is 10.0. The fourth-order valence-corrected chi connectivity index (χ4v) is 0.656. The Labute approximate surface area is 78.1 Å². The quantitative estimate of drug-likeness (QED) is 0.518. The average Bonchev–Trinajstić information content (AvgIpc) is 2.11. The normalized spacial score (nSPS) is 14.5. The van der Waals surface area contributed by atoms with Crippen LogP contribution in [0, 0.1) is 5.92 Å². The zero-order valence-electron chi connectivity index (χ0n) is 8.26. The number of rotatable bonds is 4. The first-order valence-corrected chi connectivity index (χ1v) is 4.23. The van der Waals surface area contributed by atoms with Gasteiger partial charge < -0.3 is 16.4 Å². The first kappa shape index (κ1) is 11.9. The molecule has 0 spiro atoms. The Hall–Kier alpha value is -1.10. The van der Waals surface area contributed by atoms with E-state index in [9.17, 15) is 9.59 Å². The van der Waals surface area contributed by atoms with Crippen LogP contribution in [0.25, 0.3) is 0 Å². The summed E-state index contributed by atoms with van der Waals surface area (Å²) in [6.45, 7) is 3.49. The number of carbonyl (C=O) groups excluding carboxylic acids is 2. The van der Waals surface area contributed by atoms with Crippen molar-refractivity contribution in [3.8, 4) is 0 Å². The number of nitrogens with one attached hydrogen (secondary N) is 2. The summed E-state index contributed by atoms with van der Waals surface area (Å²) in [6.07, 6.45) is 0. The molecule has 2 unspecified atom stereocenters. The van der Waals surface area contributed by atoms with Gasteiger partial charge in [0.2, 0.25) is 11.8 Å². The predicted molar refractivity (Wildman–Crippen MR) is 49.9 cm³/mol. The molecule has 0 saturated carbocycles. The van der Waals surface area contributed by atoms with Gasteiger partial charge in [-0.15, -0.1) is 0 Å². The number of likely N-dealkylation sites (N-methyl/N-ethyl adjacent to an activating group) is 1. The molecule has 4 N–H and O–H groups in total. The molecule has 0 aliphatic rings. The summed E-state index contributed by atoms with van der Waals surface area (Å²) in [4.78, 5) is 22.0. The van der Waals surface area contributed by atoms with Gasteiger partial charge >= 0.3 is 0 Å². The topological polar surface area (TPSA) is 84.2 Å². The van der Waals surface area contributed by atoms with E-state index in [4.69, 9.17) is 5.73 Å². The molecule has 0 bridgehead atoms. The molecule has 2 atom stereocenters. The van der Waals surface area contributed by atoms with Gasteiger partial charge in [0.15, 0.2) is 0 Å². The second kappa shape index (κ2) is 5.53. The van der Waals surface area contributed by atoms with Crippen LogP contribution in [0.5, 0.6) is 0 Å². The number of carbonyl (C=O) groups is 2. The van der Waals surface area contributed by atoms with Crippen molar-refractivity contribution in [1.29, 1.82) is 0 Å². The van der Waals surface area contributed by atoms with Crippen LogP contribution in [0.4, 0.5) is 0 Å². The summed E-state index contributed by atoms with van der Waals surface area (Å²) in [7, 11) is 1.52. The van der Waals surface area contributed by atoms with E-state index in [1.807, 2.05) is 0 Å². The van der Waals surface area contributed by atoms with E-state index in [1.54, 1.807) is 13.8 Å². The Morgan fingerprint density at radius 2 is 1.92 bits per heavy atom. The highest BCUT2D eigenvalue weighted by Crippen LogP contribution is 1.98. The number of hydrogen-bond acceptors (Lipinski definition) is 3. The second-order valence-electron chi connectivity index (χ2n) is 3.04. The maximum absolute atomic E-state index is 11.2. The molecule has 0 aliphatic carbocycles. The fraction of sp³-hybridized carbons (Fsp3) is 0.750. The highest BCUT2D eigenvalue weighted by Gasteiger charge is 2.16. The van der Waals surface area contributed by atoms with Gasteiger partial charge in [-0.25, -0.2) is 0 Å². The molecule has 0 aromatic rings. The van der Waals surface area contributed by atoms with E-state index < -0.39 is 0 Å². The van der Waals surface area contributed by atoms with E-state index in [2.05, 4.69) is 10.6 Å². The average molecular weight is 187 g/mol. The van der Waals surface area contributed by atoms with Crippen LogP contribution in [-0.4, -0.2) is 31.4 Å². The summed E-state index contributed by atoms with van der Waals surface area (Å²) in [5, 5.41) is 4.89. The first-order valence-electron chi connectivity index (χ1n) is 4.23. The lowest BCUT2D eigenvalue weighted by Gasteiger charge is -2.14. The van der Waals surface area contributed by atoms with Gasteiger partial charge in [-0.3, -0.25) is 9.59 Å². The molecular formula is C8H17N3O2. The standard InChI is InChI=1S/C8H17N3O2/c1-5(6(2)9)8(13)11-4-7(12)10-3/h5-6H,4,9H2,1-3H3,(H,10,12)(H,11,13). The molecule has 0 aliphatic heterocycles. The van der Waals surface area contributed by atoms with Gasteiger partial charge in [-0.1, -0.05) is 6.92 Å². The molecule has 0 saturated heterocycles. The molecule has 0 radical (unpaired) electrons. The fourth-order valence-electron chi connectivity index (χ4n) is 0.656.